The highest BCUT2D eigenvalue weighted by molar-refractivity contribution is 5.99. The summed E-state index contributed by atoms with van der Waals surface area (Å²) in [6.07, 6.45) is -0.870. The van der Waals surface area contributed by atoms with E-state index in [0.29, 0.717) is 25.7 Å². The van der Waals surface area contributed by atoms with Crippen molar-refractivity contribution >= 4 is 71.1 Å². The molecule has 0 spiro atoms. The highest BCUT2D eigenvalue weighted by Crippen LogP contribution is 2.27. The average molecular weight is 1120 g/mol. The molecule has 27 heteroatoms. The van der Waals surface area contributed by atoms with Crippen LogP contribution in [0.4, 0.5) is 0 Å². The second-order valence-corrected chi connectivity index (χ2v) is 22.5. The lowest BCUT2D eigenvalue weighted by atomic mass is 10.00. The van der Waals surface area contributed by atoms with E-state index < -0.39 is 144 Å². The van der Waals surface area contributed by atoms with Gasteiger partial charge in [0.25, 0.3) is 0 Å². The molecule has 0 aromatic rings. The summed E-state index contributed by atoms with van der Waals surface area (Å²) in [6, 6.07) is -12.6. The summed E-state index contributed by atoms with van der Waals surface area (Å²) >= 11 is 0. The molecule has 0 bridgehead atoms. The van der Waals surface area contributed by atoms with Crippen molar-refractivity contribution in [1.82, 2.24) is 47.0 Å². The number of hydrogen-bond acceptors (Lipinski definition) is 14. The second-order valence-electron chi connectivity index (χ2n) is 22.5. The summed E-state index contributed by atoms with van der Waals surface area (Å²) in [5, 5.41) is 47.9. The van der Waals surface area contributed by atoms with Gasteiger partial charge in [-0.25, -0.2) is 4.79 Å². The number of carboxylic acids is 2. The van der Waals surface area contributed by atoms with Crippen molar-refractivity contribution in [1.29, 1.82) is 0 Å². The predicted octanol–water partition coefficient (Wildman–Crippen LogP) is -1.72. The lowest BCUT2D eigenvalue weighted by Crippen LogP contribution is -2.61. The first-order chi connectivity index (χ1) is 36.8. The third kappa shape index (κ3) is 23.3. The zero-order valence-electron chi connectivity index (χ0n) is 47.7. The molecule has 16 N–H and O–H groups in total. The highest BCUT2D eigenvalue weighted by atomic mass is 16.4. The maximum Gasteiger partial charge on any atom is 0.326 e. The summed E-state index contributed by atoms with van der Waals surface area (Å²) in [5.74, 6) is -10.3. The molecule has 0 aromatic heterocycles. The van der Waals surface area contributed by atoms with Crippen molar-refractivity contribution in [3.63, 3.8) is 0 Å². The number of nitrogens with zero attached hydrogens (tertiary/aromatic N) is 3. The number of aliphatic hydroxyl groups is 1. The molecule has 0 unspecified atom stereocenters. The molecule has 0 aliphatic carbocycles. The zero-order valence-corrected chi connectivity index (χ0v) is 47.7. The van der Waals surface area contributed by atoms with Crippen LogP contribution in [0.2, 0.25) is 0 Å². The Bertz CT molecular complexity index is 2150. The number of aliphatic carboxylic acids is 2. The third-order valence-corrected chi connectivity index (χ3v) is 13.3. The smallest absolute Gasteiger partial charge is 0.326 e. The Morgan fingerprint density at radius 1 is 0.532 bits per heavy atom. The summed E-state index contributed by atoms with van der Waals surface area (Å²) in [4.78, 5) is 156. The number of nitrogens with one attached hydrogen (secondary N) is 7. The normalized spacial score (nSPS) is 18.7. The minimum Gasteiger partial charge on any atom is -0.481 e. The topological polar surface area (TPSA) is 430 Å². The Morgan fingerprint density at radius 3 is 1.46 bits per heavy atom. The number of hydrogen-bond donors (Lipinski definition) is 13. The van der Waals surface area contributed by atoms with E-state index >= 15 is 0 Å². The van der Waals surface area contributed by atoms with Crippen molar-refractivity contribution in [3.8, 4) is 0 Å². The monoisotopic (exact) mass is 1120 g/mol. The number of carboxylic acid groups (broad SMARTS) is 2. The predicted molar refractivity (Wildman–Crippen MR) is 291 cm³/mol. The van der Waals surface area contributed by atoms with Gasteiger partial charge in [-0.2, -0.15) is 0 Å². The van der Waals surface area contributed by atoms with E-state index in [1.54, 1.807) is 41.5 Å². The van der Waals surface area contributed by atoms with Crippen molar-refractivity contribution in [2.45, 2.75) is 213 Å². The highest BCUT2D eigenvalue weighted by Gasteiger charge is 2.45. The minimum atomic E-state index is -1.65. The van der Waals surface area contributed by atoms with Gasteiger partial charge in [0, 0.05) is 26.1 Å². The van der Waals surface area contributed by atoms with Gasteiger partial charge in [0.1, 0.15) is 54.4 Å². The van der Waals surface area contributed by atoms with Crippen molar-refractivity contribution < 1.29 is 68.1 Å². The van der Waals surface area contributed by atoms with E-state index in [2.05, 4.69) is 42.2 Å². The molecule has 2 aliphatic heterocycles. The third-order valence-electron chi connectivity index (χ3n) is 13.3. The quantitative estimate of drug-likeness (QED) is 0.0197. The molecule has 0 saturated carbocycles. The fraction of sp³-hybridized carbons (Fsp3) is 0.769. The van der Waals surface area contributed by atoms with Crippen LogP contribution in [0.1, 0.15) is 146 Å². The van der Waals surface area contributed by atoms with Crippen molar-refractivity contribution in [3.05, 3.63) is 0 Å². The molecule has 2 aliphatic rings. The van der Waals surface area contributed by atoms with Crippen LogP contribution in [-0.2, 0) is 52.7 Å². The van der Waals surface area contributed by atoms with Crippen LogP contribution in [0.5, 0.6) is 0 Å². The van der Waals surface area contributed by atoms with Crippen LogP contribution in [-0.4, -0.2) is 182 Å². The Morgan fingerprint density at radius 2 is 0.962 bits per heavy atom. The molecular weight excluding hydrogens is 1030 g/mol. The SMILES string of the molecule is CC(C)C[C@H](NC(=O)[C@@H](NC(=O)[C@H](CC(C)C)NC(=O)[C@H](CCCN=C(N)N)NC(=O)[C@H](CCC(=O)O)NC(=O)[C@H](CC(C)C)NC(=O)[C@@H]1CCCN1C(=O)[C@@H]1CCCN1C(=O)[C@H](CC(C)C)NC(=O)[C@H](C)N)[C@@H](C)O)C(=O)O. The van der Waals surface area contributed by atoms with E-state index in [1.807, 2.05) is 13.8 Å². The molecule has 2 heterocycles. The summed E-state index contributed by atoms with van der Waals surface area (Å²) < 4.78 is 0. The van der Waals surface area contributed by atoms with Crippen molar-refractivity contribution in [2.24, 2.45) is 45.9 Å². The molecule has 27 nitrogen and oxygen atoms in total. The average Bonchev–Trinajstić information content (AvgIpc) is 4.04. The maximum atomic E-state index is 14.3. The van der Waals surface area contributed by atoms with Crippen molar-refractivity contribution in [2.75, 3.05) is 19.6 Å². The molecule has 2 rings (SSSR count). The Kier molecular flexibility index (Phi) is 28.7. The van der Waals surface area contributed by atoms with Gasteiger partial charge in [-0.05, 0) is 108 Å². The van der Waals surface area contributed by atoms with Crippen LogP contribution in [0.3, 0.4) is 0 Å². The van der Waals surface area contributed by atoms with Gasteiger partial charge < -0.3 is 79.5 Å². The standard InChI is InChI=1S/C52H91N13O14/c1-26(2)22-34(60-47(74)38-15-12-20-64(38)50(77)39-16-13-21-65(39)49(76)36(24-28(5)6)61-42(69)30(9)53)45(72)58-33(17-18-40(67)68)44(71)57-32(14-11-19-56-52(54)55)43(70)59-35(23-27(3)4)46(73)63-41(31(10)66)48(75)62-37(51(78)79)25-29(7)8/h26-39,41,66H,11-25,53H2,1-10H3,(H,57,71)(H,58,72)(H,59,70)(H,60,74)(H,61,69)(H,62,75)(H,63,73)(H,67,68)(H,78,79)(H4,54,55,56)/t30-,31+,32-,33-,34-,35-,36-,37-,38-,39-,41-/m0/s1. The number of carbonyl (C=O) groups is 11. The van der Waals surface area contributed by atoms with Gasteiger partial charge in [0.15, 0.2) is 5.96 Å². The largest absolute Gasteiger partial charge is 0.481 e. The summed E-state index contributed by atoms with van der Waals surface area (Å²) in [7, 11) is 0. The maximum absolute atomic E-state index is 14.3. The molecule has 448 valence electrons. The number of rotatable bonds is 33. The minimum absolute atomic E-state index is 0.00872. The second kappa shape index (κ2) is 33.1. The molecule has 11 atom stereocenters. The lowest BCUT2D eigenvalue weighted by Gasteiger charge is -2.34. The lowest BCUT2D eigenvalue weighted by molar-refractivity contribution is -0.148. The molecule has 79 heavy (non-hydrogen) atoms. The van der Waals surface area contributed by atoms with Gasteiger partial charge >= 0.3 is 11.9 Å². The first-order valence-electron chi connectivity index (χ1n) is 27.5. The fourth-order valence-corrected chi connectivity index (χ4v) is 9.39. The summed E-state index contributed by atoms with van der Waals surface area (Å²) in [6.45, 7) is 17.4. The van der Waals surface area contributed by atoms with E-state index in [4.69, 9.17) is 17.2 Å². The van der Waals surface area contributed by atoms with Gasteiger partial charge in [0.2, 0.25) is 53.2 Å². The van der Waals surface area contributed by atoms with E-state index in [0.717, 1.165) is 0 Å². The van der Waals surface area contributed by atoms with E-state index in [1.165, 1.54) is 23.6 Å². The van der Waals surface area contributed by atoms with E-state index in [9.17, 15) is 68.1 Å². The van der Waals surface area contributed by atoms with E-state index in [-0.39, 0.29) is 87.8 Å². The number of carbonyl (C=O) groups excluding carboxylic acids is 9. The number of aliphatic hydroxyl groups excluding tert-OH is 1. The van der Waals surface area contributed by atoms with Crippen LogP contribution < -0.4 is 54.4 Å². The summed E-state index contributed by atoms with van der Waals surface area (Å²) in [5.41, 5.74) is 16.8. The number of amides is 9. The Labute approximate surface area is 463 Å². The van der Waals surface area contributed by atoms with Gasteiger partial charge in [-0.1, -0.05) is 55.4 Å². The number of guanidine groups is 1. The first kappa shape index (κ1) is 68.5. The molecule has 0 radical (unpaired) electrons. The fourth-order valence-electron chi connectivity index (χ4n) is 9.39. The van der Waals surface area contributed by atoms with Crippen LogP contribution >= 0.6 is 0 Å². The number of aliphatic imine (C=N–C) groups is 1. The number of nitrogens with two attached hydrogens (primary N) is 3. The molecule has 0 aromatic carbocycles. The van der Waals surface area contributed by atoms with Gasteiger partial charge in [0.05, 0.1) is 12.1 Å². The molecular formula is C52H91N13O14. The van der Waals surface area contributed by atoms with Crippen LogP contribution in [0.15, 0.2) is 4.99 Å². The van der Waals surface area contributed by atoms with Gasteiger partial charge in [-0.15, -0.1) is 0 Å². The molecule has 9 amide bonds. The first-order valence-corrected chi connectivity index (χ1v) is 27.5. The molecule has 2 saturated heterocycles. The zero-order chi connectivity index (χ0) is 60.0. The number of likely N-dealkylation sites (tertiary alicyclic amines) is 2. The molecule has 2 fully saturated rings. The van der Waals surface area contributed by atoms with Gasteiger partial charge in [-0.3, -0.25) is 52.9 Å². The Hall–Kier alpha value is -6.64. The Balaban J connectivity index is 2.43. The van der Waals surface area contributed by atoms with Crippen LogP contribution in [0.25, 0.3) is 0 Å². The van der Waals surface area contributed by atoms with Crippen LogP contribution in [0, 0.1) is 23.7 Å².